The molecule has 1 aromatic carbocycles. The summed E-state index contributed by atoms with van der Waals surface area (Å²) in [6.07, 6.45) is 9.75. The highest BCUT2D eigenvalue weighted by Crippen LogP contribution is 2.50. The lowest BCUT2D eigenvalue weighted by molar-refractivity contribution is -0.138. The number of rotatable bonds is 8. The maximum Gasteiger partial charge on any atom is 0.304 e. The summed E-state index contributed by atoms with van der Waals surface area (Å²) < 4.78 is 0. The van der Waals surface area contributed by atoms with Gasteiger partial charge in [0, 0.05) is 22.0 Å². The van der Waals surface area contributed by atoms with Crippen LogP contribution in [0.1, 0.15) is 81.0 Å². The van der Waals surface area contributed by atoms with Crippen molar-refractivity contribution < 1.29 is 9.90 Å². The quantitative estimate of drug-likeness (QED) is 0.437. The van der Waals surface area contributed by atoms with E-state index in [0.29, 0.717) is 5.92 Å². The van der Waals surface area contributed by atoms with Crippen molar-refractivity contribution in [1.29, 1.82) is 0 Å². The molecule has 0 saturated carbocycles. The first-order chi connectivity index (χ1) is 12.5. The number of carboxylic acids is 1. The first-order valence-corrected chi connectivity index (χ1v) is 9.96. The second-order valence-corrected chi connectivity index (χ2v) is 7.92. The molecule has 3 heteroatoms. The van der Waals surface area contributed by atoms with E-state index in [4.69, 9.17) is 0 Å². The number of benzene rings is 1. The van der Waals surface area contributed by atoms with Crippen LogP contribution in [0, 0.1) is 6.92 Å². The van der Waals surface area contributed by atoms with E-state index in [0.717, 1.165) is 25.7 Å². The Labute approximate surface area is 156 Å². The van der Waals surface area contributed by atoms with Gasteiger partial charge in [0.15, 0.2) is 0 Å². The molecule has 26 heavy (non-hydrogen) atoms. The van der Waals surface area contributed by atoms with Crippen LogP contribution in [0.15, 0.2) is 30.9 Å². The molecule has 1 heterocycles. The van der Waals surface area contributed by atoms with Crippen molar-refractivity contribution in [2.75, 3.05) is 0 Å². The van der Waals surface area contributed by atoms with E-state index in [2.05, 4.69) is 43.6 Å². The Morgan fingerprint density at radius 1 is 1.42 bits per heavy atom. The number of aryl methyl sites for hydroxylation is 1. The zero-order valence-electron chi connectivity index (χ0n) is 16.1. The number of aromatic amines is 1. The first kappa shape index (κ1) is 18.8. The molecule has 0 amide bonds. The molecule has 1 aromatic heterocycles. The van der Waals surface area contributed by atoms with Crippen molar-refractivity contribution in [3.05, 3.63) is 47.7 Å². The van der Waals surface area contributed by atoms with Crippen LogP contribution >= 0.6 is 0 Å². The van der Waals surface area contributed by atoms with E-state index in [1.54, 1.807) is 0 Å². The molecule has 0 fully saturated rings. The van der Waals surface area contributed by atoms with Gasteiger partial charge in [-0.2, -0.15) is 0 Å². The van der Waals surface area contributed by atoms with Crippen molar-refractivity contribution in [3.8, 4) is 0 Å². The number of aromatic nitrogens is 1. The molecule has 0 radical (unpaired) electrons. The van der Waals surface area contributed by atoms with Crippen LogP contribution in [0.25, 0.3) is 10.9 Å². The average molecular weight is 354 g/mol. The molecule has 1 aliphatic carbocycles. The molecule has 2 atom stereocenters. The maximum atomic E-state index is 11.6. The minimum absolute atomic E-state index is 0.214. The van der Waals surface area contributed by atoms with Crippen LogP contribution in [0.4, 0.5) is 0 Å². The molecule has 1 aliphatic rings. The summed E-state index contributed by atoms with van der Waals surface area (Å²) >= 11 is 0. The first-order valence-electron chi connectivity index (χ1n) is 9.96. The maximum absolute atomic E-state index is 11.6. The highest BCUT2D eigenvalue weighted by Gasteiger charge is 2.42. The Morgan fingerprint density at radius 2 is 2.23 bits per heavy atom. The van der Waals surface area contributed by atoms with Crippen molar-refractivity contribution in [2.24, 2.45) is 0 Å². The number of H-pyrrole nitrogens is 1. The highest BCUT2D eigenvalue weighted by molar-refractivity contribution is 5.89. The van der Waals surface area contributed by atoms with Gasteiger partial charge in [-0.1, -0.05) is 37.6 Å². The van der Waals surface area contributed by atoms with Gasteiger partial charge in [0.05, 0.1) is 6.42 Å². The monoisotopic (exact) mass is 353 g/mol. The fourth-order valence-corrected chi connectivity index (χ4v) is 4.86. The standard InChI is InChI=1S/C23H31NO2/c1-4-6-7-8-11-17-13-14-23(5-2,15-19(25)26)22-20(17)18-12-9-10-16(3)21(18)24-22/h4,9-10,12,17,24H,1,5-8,11,13-15H2,2-3H3,(H,25,26). The Balaban J connectivity index is 2.07. The Morgan fingerprint density at radius 3 is 2.92 bits per heavy atom. The number of carbonyl (C=O) groups is 1. The normalized spacial score (nSPS) is 22.3. The third-order valence-electron chi connectivity index (χ3n) is 6.37. The minimum atomic E-state index is -0.697. The molecule has 3 nitrogen and oxygen atoms in total. The SMILES string of the molecule is C=CCCCCC1CCC(CC)(CC(=O)O)c2[nH]c3c(C)cccc3c21. The largest absolute Gasteiger partial charge is 0.481 e. The van der Waals surface area contributed by atoms with Crippen LogP contribution < -0.4 is 0 Å². The lowest BCUT2D eigenvalue weighted by Crippen LogP contribution is -2.34. The van der Waals surface area contributed by atoms with E-state index < -0.39 is 5.97 Å². The lowest BCUT2D eigenvalue weighted by Gasteiger charge is -2.39. The van der Waals surface area contributed by atoms with Gasteiger partial charge in [0.2, 0.25) is 0 Å². The number of para-hydroxylation sites is 1. The van der Waals surface area contributed by atoms with Crippen LogP contribution in [-0.2, 0) is 10.2 Å². The van der Waals surface area contributed by atoms with Gasteiger partial charge < -0.3 is 10.1 Å². The number of carboxylic acid groups (broad SMARTS) is 1. The van der Waals surface area contributed by atoms with Gasteiger partial charge >= 0.3 is 5.97 Å². The van der Waals surface area contributed by atoms with E-state index in [1.165, 1.54) is 47.0 Å². The van der Waals surface area contributed by atoms with Crippen LogP contribution in [0.2, 0.25) is 0 Å². The summed E-state index contributed by atoms with van der Waals surface area (Å²) in [5.41, 5.74) is 4.77. The molecule has 0 aliphatic heterocycles. The third-order valence-corrected chi connectivity index (χ3v) is 6.37. The van der Waals surface area contributed by atoms with E-state index in [1.807, 2.05) is 6.08 Å². The van der Waals surface area contributed by atoms with E-state index >= 15 is 0 Å². The van der Waals surface area contributed by atoms with E-state index in [9.17, 15) is 9.90 Å². The fraction of sp³-hybridized carbons (Fsp3) is 0.522. The molecule has 3 rings (SSSR count). The third kappa shape index (κ3) is 3.32. The number of allylic oxidation sites excluding steroid dienone is 1. The van der Waals surface area contributed by atoms with Crippen LogP contribution in [-0.4, -0.2) is 16.1 Å². The van der Waals surface area contributed by atoms with Crippen LogP contribution in [0.3, 0.4) is 0 Å². The Bertz CT molecular complexity index is 804. The number of hydrogen-bond acceptors (Lipinski definition) is 1. The number of fused-ring (bicyclic) bond motifs is 3. The summed E-state index contributed by atoms with van der Waals surface area (Å²) in [6.45, 7) is 8.09. The summed E-state index contributed by atoms with van der Waals surface area (Å²) in [7, 11) is 0. The van der Waals surface area contributed by atoms with Crippen molar-refractivity contribution >= 4 is 16.9 Å². The zero-order valence-corrected chi connectivity index (χ0v) is 16.1. The molecule has 2 aromatic rings. The summed E-state index contributed by atoms with van der Waals surface area (Å²) in [6, 6.07) is 6.47. The number of hydrogen-bond donors (Lipinski definition) is 2. The van der Waals surface area contributed by atoms with Gasteiger partial charge in [-0.25, -0.2) is 0 Å². The Hall–Kier alpha value is -2.03. The molecule has 2 N–H and O–H groups in total. The average Bonchev–Trinajstić information content (AvgIpc) is 3.02. The lowest BCUT2D eigenvalue weighted by atomic mass is 9.65. The fourth-order valence-electron chi connectivity index (χ4n) is 4.86. The molecule has 2 unspecified atom stereocenters. The molecule has 140 valence electrons. The topological polar surface area (TPSA) is 53.1 Å². The van der Waals surface area contributed by atoms with Gasteiger partial charge in [-0.05, 0) is 62.5 Å². The minimum Gasteiger partial charge on any atom is -0.481 e. The van der Waals surface area contributed by atoms with Gasteiger partial charge in [0.25, 0.3) is 0 Å². The number of nitrogens with one attached hydrogen (secondary N) is 1. The van der Waals surface area contributed by atoms with Crippen molar-refractivity contribution in [1.82, 2.24) is 4.98 Å². The molecular weight excluding hydrogens is 322 g/mol. The van der Waals surface area contributed by atoms with Gasteiger partial charge in [0.1, 0.15) is 0 Å². The predicted octanol–water partition coefficient (Wildman–Crippen LogP) is 6.22. The predicted molar refractivity (Wildman–Crippen MR) is 108 cm³/mol. The Kier molecular flexibility index (Phi) is 5.55. The summed E-state index contributed by atoms with van der Waals surface area (Å²) in [5, 5.41) is 10.9. The van der Waals surface area contributed by atoms with Gasteiger partial charge in [-0.3, -0.25) is 4.79 Å². The number of unbranched alkanes of at least 4 members (excludes halogenated alkanes) is 2. The highest BCUT2D eigenvalue weighted by atomic mass is 16.4. The zero-order chi connectivity index (χ0) is 18.7. The molecule has 0 bridgehead atoms. The van der Waals surface area contributed by atoms with Crippen LogP contribution in [0.5, 0.6) is 0 Å². The smallest absolute Gasteiger partial charge is 0.304 e. The van der Waals surface area contributed by atoms with Crippen molar-refractivity contribution in [2.45, 2.75) is 76.5 Å². The van der Waals surface area contributed by atoms with E-state index in [-0.39, 0.29) is 11.8 Å². The second-order valence-electron chi connectivity index (χ2n) is 7.92. The molecular formula is C23H31NO2. The molecule has 0 saturated heterocycles. The molecule has 0 spiro atoms. The second kappa shape index (κ2) is 7.69. The van der Waals surface area contributed by atoms with Crippen molar-refractivity contribution in [3.63, 3.8) is 0 Å². The summed E-state index contributed by atoms with van der Waals surface area (Å²) in [4.78, 5) is 15.3. The van der Waals surface area contributed by atoms with Gasteiger partial charge in [-0.15, -0.1) is 6.58 Å². The summed E-state index contributed by atoms with van der Waals surface area (Å²) in [5.74, 6) is -0.170. The number of aliphatic carboxylic acids is 1.